The molecule has 0 unspecified atom stereocenters. The maximum atomic E-state index is 11.4. The Morgan fingerprint density at radius 2 is 1.94 bits per heavy atom. The van der Waals surface area contributed by atoms with Gasteiger partial charge in [-0.1, -0.05) is 0 Å². The van der Waals surface area contributed by atoms with Crippen LogP contribution in [-0.2, 0) is 16.6 Å². The van der Waals surface area contributed by atoms with Gasteiger partial charge < -0.3 is 20.1 Å². The Hall–Kier alpha value is -2.38. The molecule has 1 amide bonds. The maximum Gasteiger partial charge on any atom is 0.338 e. The van der Waals surface area contributed by atoms with Gasteiger partial charge in [0.1, 0.15) is 5.69 Å². The molecule has 1 heterocycles. The zero-order valence-electron chi connectivity index (χ0n) is 8.25. The van der Waals surface area contributed by atoms with Gasteiger partial charge in [0.05, 0.1) is 6.33 Å². The second-order valence-corrected chi connectivity index (χ2v) is 3.01. The van der Waals surface area contributed by atoms with Crippen molar-refractivity contribution >= 4 is 17.8 Å². The van der Waals surface area contributed by atoms with Crippen LogP contribution in [0.3, 0.4) is 0 Å². The number of carboxylic acid groups (broad SMARTS) is 2. The molecule has 0 bridgehead atoms. The second-order valence-electron chi connectivity index (χ2n) is 3.01. The quantitative estimate of drug-likeness (QED) is 0.549. The highest BCUT2D eigenvalue weighted by Crippen LogP contribution is 1.95. The summed E-state index contributed by atoms with van der Waals surface area (Å²) in [7, 11) is 1.62. The smallest absolute Gasteiger partial charge is 0.338 e. The minimum absolute atomic E-state index is 0.0463. The lowest BCUT2D eigenvalue weighted by atomic mass is 10.3. The predicted octanol–water partition coefficient (Wildman–Crippen LogP) is -1.31. The molecule has 8 nitrogen and oxygen atoms in total. The van der Waals surface area contributed by atoms with Crippen LogP contribution in [0.25, 0.3) is 0 Å². The molecule has 0 aliphatic carbocycles. The molecule has 8 heteroatoms. The first-order valence-electron chi connectivity index (χ1n) is 4.16. The highest BCUT2D eigenvalue weighted by Gasteiger charge is 2.28. The van der Waals surface area contributed by atoms with Crippen LogP contribution in [0.2, 0.25) is 0 Å². The number of amides is 1. The lowest BCUT2D eigenvalue weighted by molar-refractivity contribution is -0.150. The van der Waals surface area contributed by atoms with Crippen molar-refractivity contribution in [3.8, 4) is 0 Å². The first kappa shape index (κ1) is 11.7. The molecular weight excluding hydrogens is 218 g/mol. The van der Waals surface area contributed by atoms with Gasteiger partial charge in [0.25, 0.3) is 5.91 Å². The van der Waals surface area contributed by atoms with Crippen molar-refractivity contribution in [3.05, 3.63) is 18.2 Å². The van der Waals surface area contributed by atoms with E-state index in [-0.39, 0.29) is 5.69 Å². The number of imidazole rings is 1. The molecule has 0 saturated carbocycles. The van der Waals surface area contributed by atoms with Crippen LogP contribution < -0.4 is 5.32 Å². The number of rotatable bonds is 4. The summed E-state index contributed by atoms with van der Waals surface area (Å²) in [5.41, 5.74) is -0.0463. The average Bonchev–Trinajstić information content (AvgIpc) is 2.59. The van der Waals surface area contributed by atoms with Crippen molar-refractivity contribution in [2.75, 3.05) is 0 Å². The highest BCUT2D eigenvalue weighted by molar-refractivity contribution is 6.03. The van der Waals surface area contributed by atoms with Crippen molar-refractivity contribution < 1.29 is 24.6 Å². The third-order valence-electron chi connectivity index (χ3n) is 1.71. The zero-order chi connectivity index (χ0) is 12.3. The van der Waals surface area contributed by atoms with E-state index in [1.54, 1.807) is 7.05 Å². The summed E-state index contributed by atoms with van der Waals surface area (Å²) in [5, 5.41) is 18.9. The first-order chi connectivity index (χ1) is 7.41. The van der Waals surface area contributed by atoms with Crippen molar-refractivity contribution in [1.82, 2.24) is 14.9 Å². The summed E-state index contributed by atoms with van der Waals surface area (Å²) < 4.78 is 1.48. The molecule has 0 aromatic carbocycles. The Balaban J connectivity index is 2.77. The molecule has 0 spiro atoms. The molecular formula is C8H9N3O5. The van der Waals surface area contributed by atoms with Gasteiger partial charge in [-0.2, -0.15) is 0 Å². The van der Waals surface area contributed by atoms with E-state index in [1.165, 1.54) is 17.1 Å². The minimum Gasteiger partial charge on any atom is -0.479 e. The third-order valence-corrected chi connectivity index (χ3v) is 1.71. The molecule has 0 aliphatic heterocycles. The number of aryl methyl sites for hydroxylation is 1. The maximum absolute atomic E-state index is 11.4. The Kier molecular flexibility index (Phi) is 3.24. The predicted molar refractivity (Wildman–Crippen MR) is 49.7 cm³/mol. The van der Waals surface area contributed by atoms with Crippen LogP contribution in [0.1, 0.15) is 10.5 Å². The number of hydrogen-bond acceptors (Lipinski definition) is 4. The SMILES string of the molecule is Cn1cnc(C(=O)NC(C(=O)O)C(=O)O)c1. The van der Waals surface area contributed by atoms with Gasteiger partial charge in [0, 0.05) is 13.2 Å². The van der Waals surface area contributed by atoms with Crippen LogP contribution >= 0.6 is 0 Å². The molecule has 0 aliphatic rings. The monoisotopic (exact) mass is 227 g/mol. The molecule has 1 aromatic heterocycles. The number of aromatic nitrogens is 2. The van der Waals surface area contributed by atoms with Crippen LogP contribution in [0.4, 0.5) is 0 Å². The summed E-state index contributed by atoms with van der Waals surface area (Å²) in [5.74, 6) is -4.14. The van der Waals surface area contributed by atoms with E-state index >= 15 is 0 Å². The summed E-state index contributed by atoms with van der Waals surface area (Å²) >= 11 is 0. The van der Waals surface area contributed by atoms with E-state index in [0.29, 0.717) is 0 Å². The molecule has 0 fully saturated rings. The van der Waals surface area contributed by atoms with Crippen LogP contribution in [0.15, 0.2) is 12.5 Å². The van der Waals surface area contributed by atoms with E-state index in [9.17, 15) is 14.4 Å². The lowest BCUT2D eigenvalue weighted by Gasteiger charge is -2.07. The van der Waals surface area contributed by atoms with Crippen molar-refractivity contribution in [2.24, 2.45) is 7.05 Å². The molecule has 1 aromatic rings. The van der Waals surface area contributed by atoms with Crippen LogP contribution in [0.5, 0.6) is 0 Å². The number of carboxylic acids is 2. The first-order valence-corrected chi connectivity index (χ1v) is 4.16. The number of carbonyl (C=O) groups is 3. The van der Waals surface area contributed by atoms with E-state index in [1.807, 2.05) is 5.32 Å². The number of nitrogens with zero attached hydrogens (tertiary/aromatic N) is 2. The lowest BCUT2D eigenvalue weighted by Crippen LogP contribution is -2.46. The van der Waals surface area contributed by atoms with Gasteiger partial charge in [-0.3, -0.25) is 4.79 Å². The number of carbonyl (C=O) groups excluding carboxylic acids is 1. The average molecular weight is 227 g/mol. The largest absolute Gasteiger partial charge is 0.479 e. The summed E-state index contributed by atoms with van der Waals surface area (Å²) in [6, 6.07) is -1.98. The van der Waals surface area contributed by atoms with Crippen molar-refractivity contribution in [1.29, 1.82) is 0 Å². The van der Waals surface area contributed by atoms with Gasteiger partial charge in [-0.15, -0.1) is 0 Å². The standard InChI is InChI=1S/C8H9N3O5/c1-11-2-4(9-3-11)6(12)10-5(7(13)14)8(15)16/h2-3,5H,1H3,(H,10,12)(H,13,14)(H,15,16). The zero-order valence-corrected chi connectivity index (χ0v) is 8.25. The van der Waals surface area contributed by atoms with Gasteiger partial charge in [-0.05, 0) is 0 Å². The third kappa shape index (κ3) is 2.56. The van der Waals surface area contributed by atoms with E-state index < -0.39 is 23.9 Å². The van der Waals surface area contributed by atoms with Gasteiger partial charge >= 0.3 is 11.9 Å². The summed E-state index contributed by atoms with van der Waals surface area (Å²) in [4.78, 5) is 36.0. The van der Waals surface area contributed by atoms with Crippen molar-refractivity contribution in [2.45, 2.75) is 6.04 Å². The van der Waals surface area contributed by atoms with Crippen LogP contribution in [0, 0.1) is 0 Å². The van der Waals surface area contributed by atoms with E-state index in [2.05, 4.69) is 4.98 Å². The molecule has 1 rings (SSSR count). The Morgan fingerprint density at radius 3 is 2.31 bits per heavy atom. The Labute approximate surface area is 89.5 Å². The summed E-state index contributed by atoms with van der Waals surface area (Å²) in [6.45, 7) is 0. The molecule has 3 N–H and O–H groups in total. The normalized spacial score (nSPS) is 10.1. The topological polar surface area (TPSA) is 122 Å². The second kappa shape index (κ2) is 4.43. The molecule has 16 heavy (non-hydrogen) atoms. The molecule has 86 valence electrons. The number of hydrogen-bond donors (Lipinski definition) is 3. The molecule has 0 atom stereocenters. The fraction of sp³-hybridized carbons (Fsp3) is 0.250. The Bertz CT molecular complexity index is 425. The summed E-state index contributed by atoms with van der Waals surface area (Å²) in [6.07, 6.45) is 2.68. The fourth-order valence-electron chi connectivity index (χ4n) is 0.964. The number of nitrogens with one attached hydrogen (secondary N) is 1. The van der Waals surface area contributed by atoms with Gasteiger partial charge in [-0.25, -0.2) is 14.6 Å². The fourth-order valence-corrected chi connectivity index (χ4v) is 0.964. The van der Waals surface area contributed by atoms with E-state index in [0.717, 1.165) is 0 Å². The van der Waals surface area contributed by atoms with Crippen molar-refractivity contribution in [3.63, 3.8) is 0 Å². The molecule has 0 radical (unpaired) electrons. The number of aliphatic carboxylic acids is 2. The Morgan fingerprint density at radius 1 is 1.38 bits per heavy atom. The van der Waals surface area contributed by atoms with Gasteiger partial charge in [0.2, 0.25) is 6.04 Å². The van der Waals surface area contributed by atoms with Gasteiger partial charge in [0.15, 0.2) is 0 Å². The van der Waals surface area contributed by atoms with Crippen LogP contribution in [-0.4, -0.2) is 43.7 Å². The minimum atomic E-state index is -1.98. The highest BCUT2D eigenvalue weighted by atomic mass is 16.4. The molecule has 0 saturated heterocycles. The van der Waals surface area contributed by atoms with E-state index in [4.69, 9.17) is 10.2 Å².